The average molecular weight is 588 g/mol. The van der Waals surface area contributed by atoms with Crippen molar-refractivity contribution in [3.05, 3.63) is 87.6 Å². The predicted molar refractivity (Wildman–Crippen MR) is 169 cm³/mol. The minimum absolute atomic E-state index is 0.197. The third kappa shape index (κ3) is 10.3. The molecule has 1 saturated heterocycles. The topological polar surface area (TPSA) is 108 Å². The molecule has 1 aromatic heterocycles. The molecule has 0 N–H and O–H groups in total. The molecule has 0 bridgehead atoms. The number of rotatable bonds is 12. The van der Waals surface area contributed by atoms with Crippen molar-refractivity contribution in [3.8, 4) is 0 Å². The highest BCUT2D eigenvalue weighted by molar-refractivity contribution is 6.08. The minimum atomic E-state index is -0.336. The molecule has 10 heteroatoms. The summed E-state index contributed by atoms with van der Waals surface area (Å²) in [6.07, 6.45) is 10.5. The lowest BCUT2D eigenvalue weighted by molar-refractivity contribution is -0.140. The van der Waals surface area contributed by atoms with Gasteiger partial charge in [0.1, 0.15) is 19.0 Å². The number of morpholine rings is 1. The van der Waals surface area contributed by atoms with Crippen LogP contribution in [-0.2, 0) is 25.5 Å². The van der Waals surface area contributed by atoms with E-state index < -0.39 is 0 Å². The Morgan fingerprint density at radius 3 is 2.81 bits per heavy atom. The molecule has 0 spiro atoms. The molecule has 1 atom stereocenters. The fourth-order valence-electron chi connectivity index (χ4n) is 4.68. The van der Waals surface area contributed by atoms with E-state index in [9.17, 15) is 9.59 Å². The monoisotopic (exact) mass is 587 g/mol. The zero-order chi connectivity index (χ0) is 30.4. The molecule has 0 radical (unpaired) electrons. The van der Waals surface area contributed by atoms with Gasteiger partial charge < -0.3 is 14.2 Å². The van der Waals surface area contributed by atoms with Crippen LogP contribution in [-0.4, -0.2) is 85.7 Å². The number of carbonyl (C=O) groups excluding carboxylic acids is 1. The molecule has 2 aromatic rings. The van der Waals surface area contributed by atoms with Crippen LogP contribution in [0.4, 0.5) is 0 Å². The molecule has 1 aromatic carbocycles. The maximum Gasteiger partial charge on any atom is 0.302 e. The van der Waals surface area contributed by atoms with E-state index in [1.165, 1.54) is 17.7 Å². The Labute approximate surface area is 253 Å². The fourth-order valence-corrected chi connectivity index (χ4v) is 4.68. The first kappa shape index (κ1) is 31.8. The Hall–Kier alpha value is -4.15. The number of aromatic nitrogens is 2. The van der Waals surface area contributed by atoms with Crippen molar-refractivity contribution in [2.45, 2.75) is 33.7 Å². The van der Waals surface area contributed by atoms with Crippen LogP contribution in [0.25, 0.3) is 11.3 Å². The van der Waals surface area contributed by atoms with Gasteiger partial charge in [-0.05, 0) is 43.0 Å². The average Bonchev–Trinajstić information content (AvgIpc) is 2.99. The van der Waals surface area contributed by atoms with E-state index in [1.54, 1.807) is 18.5 Å². The normalized spacial score (nSPS) is 21.3. The highest BCUT2D eigenvalue weighted by Gasteiger charge is 2.12. The Morgan fingerprint density at radius 1 is 1.19 bits per heavy atom. The second kappa shape index (κ2) is 16.5. The second-order valence-corrected chi connectivity index (χ2v) is 10.5. The van der Waals surface area contributed by atoms with Crippen LogP contribution in [0.1, 0.15) is 44.0 Å². The number of esters is 1. The van der Waals surface area contributed by atoms with Crippen molar-refractivity contribution in [1.82, 2.24) is 14.7 Å². The Kier molecular flexibility index (Phi) is 12.2. The summed E-state index contributed by atoms with van der Waals surface area (Å²) in [7, 11) is 0. The van der Waals surface area contributed by atoms with Crippen LogP contribution >= 0.6 is 0 Å². The molecular formula is C33H41N5O5. The first-order chi connectivity index (χ1) is 20.9. The molecule has 2 aliphatic rings. The summed E-state index contributed by atoms with van der Waals surface area (Å²) in [6.45, 7) is 11.2. The van der Waals surface area contributed by atoms with E-state index in [-0.39, 0.29) is 18.1 Å². The molecule has 228 valence electrons. The lowest BCUT2D eigenvalue weighted by Crippen LogP contribution is -2.38. The van der Waals surface area contributed by atoms with Crippen LogP contribution in [0.3, 0.4) is 0 Å². The summed E-state index contributed by atoms with van der Waals surface area (Å²) in [6, 6.07) is 11.2. The van der Waals surface area contributed by atoms with Crippen LogP contribution in [0.5, 0.6) is 0 Å². The molecule has 3 heterocycles. The van der Waals surface area contributed by atoms with E-state index in [0.29, 0.717) is 31.3 Å². The summed E-state index contributed by atoms with van der Waals surface area (Å²) >= 11 is 0. The Balaban J connectivity index is 1.43. The van der Waals surface area contributed by atoms with Crippen molar-refractivity contribution in [2.75, 3.05) is 52.6 Å². The second-order valence-electron chi connectivity index (χ2n) is 10.5. The van der Waals surface area contributed by atoms with Gasteiger partial charge in [-0.25, -0.2) is 4.68 Å². The van der Waals surface area contributed by atoms with E-state index in [4.69, 9.17) is 19.2 Å². The third-order valence-corrected chi connectivity index (χ3v) is 7.03. The number of carbonyl (C=O) groups is 1. The van der Waals surface area contributed by atoms with Gasteiger partial charge in [0, 0.05) is 50.0 Å². The van der Waals surface area contributed by atoms with Gasteiger partial charge in [-0.15, -0.1) is 0 Å². The summed E-state index contributed by atoms with van der Waals surface area (Å²) in [5, 5.41) is 4.60. The summed E-state index contributed by atoms with van der Waals surface area (Å²) in [4.78, 5) is 35.1. The predicted octanol–water partition coefficient (Wildman–Crippen LogP) is 4.01. The molecule has 1 unspecified atom stereocenters. The van der Waals surface area contributed by atoms with Gasteiger partial charge in [0.25, 0.3) is 5.56 Å². The molecule has 2 aliphatic heterocycles. The van der Waals surface area contributed by atoms with Crippen molar-refractivity contribution in [3.63, 3.8) is 0 Å². The lowest BCUT2D eigenvalue weighted by Gasteiger charge is -2.26. The Morgan fingerprint density at radius 2 is 2.02 bits per heavy atom. The van der Waals surface area contributed by atoms with Crippen molar-refractivity contribution < 1.29 is 19.0 Å². The summed E-state index contributed by atoms with van der Waals surface area (Å²) in [5.41, 5.74) is 3.97. The van der Waals surface area contributed by atoms with Crippen molar-refractivity contribution >= 4 is 29.7 Å². The van der Waals surface area contributed by atoms with Crippen LogP contribution in [0, 0.1) is 5.92 Å². The van der Waals surface area contributed by atoms with Gasteiger partial charge in [-0.2, -0.15) is 5.10 Å². The van der Waals surface area contributed by atoms with Crippen molar-refractivity contribution in [1.29, 1.82) is 0 Å². The van der Waals surface area contributed by atoms with Crippen molar-refractivity contribution in [2.24, 2.45) is 15.9 Å². The minimum Gasteiger partial charge on any atom is -0.491 e. The van der Waals surface area contributed by atoms with Crippen LogP contribution in [0.15, 0.2) is 75.2 Å². The number of allylic oxidation sites excluding steroid dienone is 5. The van der Waals surface area contributed by atoms with E-state index in [1.807, 2.05) is 37.3 Å². The van der Waals surface area contributed by atoms with E-state index >= 15 is 0 Å². The number of ether oxygens (including phenoxy) is 3. The molecule has 0 saturated carbocycles. The molecule has 1 fully saturated rings. The SMILES string of the molecule is C/C=C(\C=NCCOC(C)=O)c1ccc(=O)n(Cc2cccc(C3=C/CC(C)\C=C(OCCN4CCOCC4)/C=N/3)c2)n1. The largest absolute Gasteiger partial charge is 0.491 e. The molecule has 4 rings (SSSR count). The molecule has 0 aliphatic carbocycles. The molecule has 43 heavy (non-hydrogen) atoms. The van der Waals surface area contributed by atoms with Crippen LogP contribution in [0.2, 0.25) is 0 Å². The molecule has 0 amide bonds. The Bertz CT molecular complexity index is 1450. The van der Waals surface area contributed by atoms with Gasteiger partial charge in [0.2, 0.25) is 0 Å². The van der Waals surface area contributed by atoms with Gasteiger partial charge >= 0.3 is 5.97 Å². The smallest absolute Gasteiger partial charge is 0.302 e. The number of nitrogens with zero attached hydrogens (tertiary/aromatic N) is 5. The third-order valence-electron chi connectivity index (χ3n) is 7.03. The summed E-state index contributed by atoms with van der Waals surface area (Å²) < 4.78 is 17.9. The van der Waals surface area contributed by atoms with E-state index in [2.05, 4.69) is 34.1 Å². The fraction of sp³-hybridized carbons (Fsp3) is 0.424. The zero-order valence-corrected chi connectivity index (χ0v) is 25.3. The first-order valence-corrected chi connectivity index (χ1v) is 14.8. The maximum atomic E-state index is 12.7. The maximum absolute atomic E-state index is 12.7. The standard InChI is InChI=1S/C33H41N5O5/c1-4-28(22-34-12-16-42-26(3)39)32-10-11-33(40)38(36-32)24-27-6-5-7-29(21-27)31-9-8-25(2)20-30(23-35-31)43-19-15-37-13-17-41-18-14-37/h4-7,9-11,20-23,25H,8,12-19,24H2,1-3H3/b28-4+,30-20+,31-9+,34-22?,35-23+. The van der Waals surface area contributed by atoms with Gasteiger partial charge in [-0.3, -0.25) is 24.5 Å². The van der Waals surface area contributed by atoms with Crippen LogP contribution < -0.4 is 5.56 Å². The van der Waals surface area contributed by atoms with Gasteiger partial charge in [0.05, 0.1) is 43.9 Å². The molecule has 10 nitrogen and oxygen atoms in total. The summed E-state index contributed by atoms with van der Waals surface area (Å²) in [5.74, 6) is 0.752. The molecular weight excluding hydrogens is 546 g/mol. The lowest BCUT2D eigenvalue weighted by atomic mass is 10.0. The van der Waals surface area contributed by atoms with Gasteiger partial charge in [-0.1, -0.05) is 37.3 Å². The van der Waals surface area contributed by atoms with E-state index in [0.717, 1.165) is 67.4 Å². The number of hydrogen-bond donors (Lipinski definition) is 0. The number of benzene rings is 1. The quantitative estimate of drug-likeness (QED) is 0.210. The highest BCUT2D eigenvalue weighted by Crippen LogP contribution is 2.23. The first-order valence-electron chi connectivity index (χ1n) is 14.8. The zero-order valence-electron chi connectivity index (χ0n) is 25.3. The number of aliphatic imine (C=N–C) groups is 2. The number of hydrogen-bond acceptors (Lipinski definition) is 9. The van der Waals surface area contributed by atoms with Gasteiger partial charge in [0.15, 0.2) is 0 Å². The highest BCUT2D eigenvalue weighted by atomic mass is 16.5.